The van der Waals surface area contributed by atoms with Crippen molar-refractivity contribution in [2.45, 2.75) is 25.6 Å². The highest BCUT2D eigenvalue weighted by Crippen LogP contribution is 2.24. The van der Waals surface area contributed by atoms with Gasteiger partial charge in [-0.3, -0.25) is 0 Å². The number of carbonyl (C=O) groups is 1. The normalized spacial score (nSPS) is 25.9. The average molecular weight is 241 g/mol. The Kier molecular flexibility index (Phi) is 4.01. The maximum atomic E-state index is 11.8. The van der Waals surface area contributed by atoms with Gasteiger partial charge in [0, 0.05) is 6.54 Å². The SMILES string of the molecule is CC1CCN(C(=O)OCC(F)(F)F)C1CO. The van der Waals surface area contributed by atoms with Crippen LogP contribution in [0.2, 0.25) is 0 Å². The molecule has 0 spiro atoms. The lowest BCUT2D eigenvalue weighted by Crippen LogP contribution is -2.41. The van der Waals surface area contributed by atoms with Gasteiger partial charge in [0.15, 0.2) is 6.61 Å². The van der Waals surface area contributed by atoms with Crippen LogP contribution in [0.25, 0.3) is 0 Å². The minimum absolute atomic E-state index is 0.0726. The molecule has 1 rings (SSSR count). The van der Waals surface area contributed by atoms with E-state index in [0.29, 0.717) is 13.0 Å². The van der Waals surface area contributed by atoms with E-state index >= 15 is 0 Å². The molecule has 1 heterocycles. The predicted molar refractivity (Wildman–Crippen MR) is 48.8 cm³/mol. The van der Waals surface area contributed by atoms with Gasteiger partial charge in [0.2, 0.25) is 0 Å². The number of nitrogens with zero attached hydrogens (tertiary/aromatic N) is 1. The summed E-state index contributed by atoms with van der Waals surface area (Å²) in [6.45, 7) is 0.304. The lowest BCUT2D eigenvalue weighted by atomic mass is 10.0. The summed E-state index contributed by atoms with van der Waals surface area (Å²) in [5, 5.41) is 9.01. The first-order valence-corrected chi connectivity index (χ1v) is 4.96. The van der Waals surface area contributed by atoms with Gasteiger partial charge in [-0.25, -0.2) is 4.79 Å². The molecule has 1 amide bonds. The summed E-state index contributed by atoms with van der Waals surface area (Å²) >= 11 is 0. The number of likely N-dealkylation sites (tertiary alicyclic amines) is 1. The minimum Gasteiger partial charge on any atom is -0.440 e. The summed E-state index contributed by atoms with van der Waals surface area (Å²) in [6.07, 6.45) is -4.87. The summed E-state index contributed by atoms with van der Waals surface area (Å²) in [5.41, 5.74) is 0. The molecule has 0 aromatic heterocycles. The van der Waals surface area contributed by atoms with Crippen molar-refractivity contribution < 1.29 is 27.8 Å². The highest BCUT2D eigenvalue weighted by atomic mass is 19.4. The maximum Gasteiger partial charge on any atom is 0.422 e. The van der Waals surface area contributed by atoms with Crippen LogP contribution in [-0.2, 0) is 4.74 Å². The number of amides is 1. The van der Waals surface area contributed by atoms with Crippen molar-refractivity contribution in [1.82, 2.24) is 4.90 Å². The molecule has 1 aliphatic heterocycles. The van der Waals surface area contributed by atoms with Crippen LogP contribution in [0.4, 0.5) is 18.0 Å². The second-order valence-corrected chi connectivity index (χ2v) is 3.88. The molecule has 0 aliphatic carbocycles. The molecule has 1 aliphatic rings. The zero-order valence-corrected chi connectivity index (χ0v) is 8.83. The Morgan fingerprint density at radius 2 is 2.19 bits per heavy atom. The van der Waals surface area contributed by atoms with Gasteiger partial charge < -0.3 is 14.7 Å². The van der Waals surface area contributed by atoms with Crippen LogP contribution in [0.15, 0.2) is 0 Å². The van der Waals surface area contributed by atoms with Gasteiger partial charge in [0.25, 0.3) is 0 Å². The molecule has 0 aromatic carbocycles. The Balaban J connectivity index is 2.48. The van der Waals surface area contributed by atoms with Crippen molar-refractivity contribution >= 4 is 6.09 Å². The van der Waals surface area contributed by atoms with E-state index in [1.807, 2.05) is 6.92 Å². The van der Waals surface area contributed by atoms with Crippen LogP contribution in [0.3, 0.4) is 0 Å². The van der Waals surface area contributed by atoms with Gasteiger partial charge >= 0.3 is 12.3 Å². The summed E-state index contributed by atoms with van der Waals surface area (Å²) in [6, 6.07) is -0.444. The number of hydrogen-bond acceptors (Lipinski definition) is 3. The van der Waals surface area contributed by atoms with E-state index in [1.165, 1.54) is 0 Å². The Labute approximate surface area is 91.0 Å². The average Bonchev–Trinajstić information content (AvgIpc) is 2.54. The van der Waals surface area contributed by atoms with E-state index in [-0.39, 0.29) is 12.5 Å². The Hall–Kier alpha value is -0.980. The number of hydrogen-bond donors (Lipinski definition) is 1. The molecule has 1 N–H and O–H groups in total. The molecule has 1 fully saturated rings. The predicted octanol–water partition coefficient (Wildman–Crippen LogP) is 1.39. The molecule has 4 nitrogen and oxygen atoms in total. The van der Waals surface area contributed by atoms with Gasteiger partial charge in [0.1, 0.15) is 0 Å². The molecule has 1 saturated heterocycles. The standard InChI is InChI=1S/C9H14F3NO3/c1-6-2-3-13(7(6)4-14)8(15)16-5-9(10,11)12/h6-7,14H,2-5H2,1H3. The second-order valence-electron chi connectivity index (χ2n) is 3.88. The molecule has 2 unspecified atom stereocenters. The van der Waals surface area contributed by atoms with Crippen LogP contribution in [0.5, 0.6) is 0 Å². The molecule has 2 atom stereocenters. The third-order valence-electron chi connectivity index (χ3n) is 2.66. The quantitative estimate of drug-likeness (QED) is 0.794. The fourth-order valence-electron chi connectivity index (χ4n) is 1.74. The zero-order valence-electron chi connectivity index (χ0n) is 8.83. The first kappa shape index (κ1) is 13.1. The number of rotatable bonds is 2. The van der Waals surface area contributed by atoms with E-state index in [1.54, 1.807) is 0 Å². The molecular weight excluding hydrogens is 227 g/mol. The molecule has 0 bridgehead atoms. The van der Waals surface area contributed by atoms with Gasteiger partial charge in [-0.2, -0.15) is 13.2 Å². The Morgan fingerprint density at radius 3 is 2.69 bits per heavy atom. The van der Waals surface area contributed by atoms with Crippen molar-refractivity contribution in [1.29, 1.82) is 0 Å². The Bertz CT molecular complexity index is 257. The van der Waals surface area contributed by atoms with E-state index in [2.05, 4.69) is 4.74 Å². The molecule has 0 aromatic rings. The zero-order chi connectivity index (χ0) is 12.3. The van der Waals surface area contributed by atoms with Crippen LogP contribution in [0, 0.1) is 5.92 Å². The number of alkyl halides is 3. The third kappa shape index (κ3) is 3.26. The molecule has 94 valence electrons. The first-order valence-electron chi connectivity index (χ1n) is 4.96. The van der Waals surface area contributed by atoms with E-state index < -0.39 is 24.9 Å². The largest absolute Gasteiger partial charge is 0.440 e. The summed E-state index contributed by atoms with van der Waals surface area (Å²) in [4.78, 5) is 12.4. The first-order chi connectivity index (χ1) is 7.35. The van der Waals surface area contributed by atoms with Crippen molar-refractivity contribution in [2.24, 2.45) is 5.92 Å². The van der Waals surface area contributed by atoms with Crippen LogP contribution < -0.4 is 0 Å². The summed E-state index contributed by atoms with van der Waals surface area (Å²) in [7, 11) is 0. The van der Waals surface area contributed by atoms with E-state index in [4.69, 9.17) is 5.11 Å². The number of aliphatic hydroxyl groups excluding tert-OH is 1. The monoisotopic (exact) mass is 241 g/mol. The lowest BCUT2D eigenvalue weighted by molar-refractivity contribution is -0.162. The topological polar surface area (TPSA) is 49.8 Å². The van der Waals surface area contributed by atoms with E-state index in [9.17, 15) is 18.0 Å². The van der Waals surface area contributed by atoms with Crippen LogP contribution in [0.1, 0.15) is 13.3 Å². The number of halogens is 3. The van der Waals surface area contributed by atoms with Gasteiger partial charge in [-0.05, 0) is 12.3 Å². The molecular formula is C9H14F3NO3. The number of aliphatic hydroxyl groups is 1. The minimum atomic E-state index is -4.52. The Morgan fingerprint density at radius 1 is 1.56 bits per heavy atom. The smallest absolute Gasteiger partial charge is 0.422 e. The van der Waals surface area contributed by atoms with Gasteiger partial charge in [0.05, 0.1) is 12.6 Å². The third-order valence-corrected chi connectivity index (χ3v) is 2.66. The van der Waals surface area contributed by atoms with Gasteiger partial charge in [-0.15, -0.1) is 0 Å². The van der Waals surface area contributed by atoms with Crippen LogP contribution in [-0.4, -0.2) is 48.1 Å². The fourth-order valence-corrected chi connectivity index (χ4v) is 1.74. The van der Waals surface area contributed by atoms with Crippen molar-refractivity contribution in [2.75, 3.05) is 19.8 Å². The van der Waals surface area contributed by atoms with Crippen LogP contribution >= 0.6 is 0 Å². The fraction of sp³-hybridized carbons (Fsp3) is 0.889. The lowest BCUT2D eigenvalue weighted by Gasteiger charge is -2.24. The van der Waals surface area contributed by atoms with Gasteiger partial charge in [-0.1, -0.05) is 6.92 Å². The number of ether oxygens (including phenoxy) is 1. The van der Waals surface area contributed by atoms with E-state index in [0.717, 1.165) is 4.90 Å². The highest BCUT2D eigenvalue weighted by Gasteiger charge is 2.37. The maximum absolute atomic E-state index is 11.8. The molecule has 0 radical (unpaired) electrons. The van der Waals surface area contributed by atoms with Crippen molar-refractivity contribution in [3.05, 3.63) is 0 Å². The summed E-state index contributed by atoms with van der Waals surface area (Å²) in [5.74, 6) is 0.0726. The molecule has 16 heavy (non-hydrogen) atoms. The highest BCUT2D eigenvalue weighted by molar-refractivity contribution is 5.68. The molecule has 0 saturated carbocycles. The second kappa shape index (κ2) is 4.90. The van der Waals surface area contributed by atoms with Crippen molar-refractivity contribution in [3.8, 4) is 0 Å². The molecule has 7 heteroatoms. The number of carbonyl (C=O) groups excluding carboxylic acids is 1. The summed E-state index contributed by atoms with van der Waals surface area (Å²) < 4.78 is 39.6. The van der Waals surface area contributed by atoms with Crippen molar-refractivity contribution in [3.63, 3.8) is 0 Å².